The van der Waals surface area contributed by atoms with Crippen LogP contribution in [0, 0.1) is 0 Å². The van der Waals surface area contributed by atoms with Gasteiger partial charge in [0.1, 0.15) is 0 Å². The Balaban J connectivity index is 1.63. The van der Waals surface area contributed by atoms with E-state index in [2.05, 4.69) is 6.07 Å². The van der Waals surface area contributed by atoms with Crippen LogP contribution in [-0.4, -0.2) is 35.8 Å². The first-order valence-corrected chi connectivity index (χ1v) is 9.32. The van der Waals surface area contributed by atoms with Gasteiger partial charge in [0.25, 0.3) is 0 Å². The van der Waals surface area contributed by atoms with Crippen LogP contribution < -0.4 is 4.90 Å². The van der Waals surface area contributed by atoms with E-state index in [1.807, 2.05) is 28.0 Å². The van der Waals surface area contributed by atoms with Crippen LogP contribution in [-0.2, 0) is 16.0 Å². The monoisotopic (exact) mass is 328 g/mol. The zero-order chi connectivity index (χ0) is 16.9. The number of carbonyl (C=O) groups excluding carboxylic acids is 2. The van der Waals surface area contributed by atoms with Crippen LogP contribution in [0.2, 0.25) is 0 Å². The summed E-state index contributed by atoms with van der Waals surface area (Å²) in [7, 11) is 0. The number of nitrogens with zero attached hydrogens (tertiary/aromatic N) is 2. The Hall–Kier alpha value is -1.84. The van der Waals surface area contributed by atoms with E-state index in [0.29, 0.717) is 19.0 Å². The lowest BCUT2D eigenvalue weighted by molar-refractivity contribution is -0.132. The van der Waals surface area contributed by atoms with E-state index < -0.39 is 0 Å². The normalized spacial score (nSPS) is 18.1. The molecule has 1 aliphatic heterocycles. The van der Waals surface area contributed by atoms with Gasteiger partial charge in [0.05, 0.1) is 0 Å². The predicted molar refractivity (Wildman–Crippen MR) is 96.0 cm³/mol. The molecule has 24 heavy (non-hydrogen) atoms. The molecule has 0 N–H and O–H groups in total. The Morgan fingerprint density at radius 3 is 2.62 bits per heavy atom. The molecule has 1 fully saturated rings. The number of carbonyl (C=O) groups is 2. The Morgan fingerprint density at radius 1 is 1.12 bits per heavy atom. The van der Waals surface area contributed by atoms with Crippen LogP contribution in [0.4, 0.5) is 5.69 Å². The number of amides is 2. The second-order valence-corrected chi connectivity index (χ2v) is 7.03. The third-order valence-corrected chi connectivity index (χ3v) is 5.40. The molecule has 1 saturated carbocycles. The van der Waals surface area contributed by atoms with E-state index in [1.165, 1.54) is 24.8 Å². The number of benzene rings is 1. The molecule has 0 bridgehead atoms. The predicted octanol–water partition coefficient (Wildman–Crippen LogP) is 3.54. The minimum atomic E-state index is 0.105. The summed E-state index contributed by atoms with van der Waals surface area (Å²) in [5.74, 6) is 0.248. The molecule has 0 aromatic heterocycles. The molecule has 2 aliphatic rings. The Morgan fingerprint density at radius 2 is 1.88 bits per heavy atom. The van der Waals surface area contributed by atoms with Gasteiger partial charge >= 0.3 is 0 Å². The van der Waals surface area contributed by atoms with Crippen molar-refractivity contribution in [2.75, 3.05) is 18.0 Å². The zero-order valence-corrected chi connectivity index (χ0v) is 14.7. The minimum absolute atomic E-state index is 0.105. The van der Waals surface area contributed by atoms with Crippen molar-refractivity contribution in [3.05, 3.63) is 29.8 Å². The molecule has 0 spiro atoms. The summed E-state index contributed by atoms with van der Waals surface area (Å²) in [6.07, 6.45) is 8.31. The van der Waals surface area contributed by atoms with E-state index in [1.54, 1.807) is 6.92 Å². The van der Waals surface area contributed by atoms with E-state index in [-0.39, 0.29) is 11.8 Å². The molecule has 2 amide bonds. The fourth-order valence-corrected chi connectivity index (χ4v) is 4.13. The molecule has 0 radical (unpaired) electrons. The second-order valence-electron chi connectivity index (χ2n) is 7.03. The van der Waals surface area contributed by atoms with Crippen molar-refractivity contribution >= 4 is 17.5 Å². The molecule has 1 aliphatic carbocycles. The van der Waals surface area contributed by atoms with Gasteiger partial charge in [0.15, 0.2) is 0 Å². The van der Waals surface area contributed by atoms with E-state index in [9.17, 15) is 9.59 Å². The number of para-hydroxylation sites is 1. The third kappa shape index (κ3) is 3.80. The fourth-order valence-electron chi connectivity index (χ4n) is 4.13. The maximum atomic E-state index is 12.8. The van der Waals surface area contributed by atoms with E-state index >= 15 is 0 Å². The molecule has 130 valence electrons. The Kier molecular flexibility index (Phi) is 5.54. The molecule has 0 atom stereocenters. The molecule has 3 rings (SSSR count). The Bertz CT molecular complexity index is 593. The second kappa shape index (κ2) is 7.82. The summed E-state index contributed by atoms with van der Waals surface area (Å²) >= 11 is 0. The quantitative estimate of drug-likeness (QED) is 0.848. The average molecular weight is 328 g/mol. The van der Waals surface area contributed by atoms with Crippen molar-refractivity contribution in [2.45, 2.75) is 64.3 Å². The van der Waals surface area contributed by atoms with E-state index in [4.69, 9.17) is 0 Å². The highest BCUT2D eigenvalue weighted by molar-refractivity contribution is 5.94. The molecule has 0 unspecified atom stereocenters. The fraction of sp³-hybridized carbons (Fsp3) is 0.600. The lowest BCUT2D eigenvalue weighted by Gasteiger charge is -2.35. The van der Waals surface area contributed by atoms with Gasteiger partial charge in [-0.3, -0.25) is 9.59 Å². The summed E-state index contributed by atoms with van der Waals surface area (Å²) in [6.45, 7) is 2.98. The van der Waals surface area contributed by atoms with Crippen LogP contribution in [0.5, 0.6) is 0 Å². The van der Waals surface area contributed by atoms with Crippen LogP contribution in [0.25, 0.3) is 0 Å². The smallest absolute Gasteiger partial charge is 0.228 e. The zero-order valence-electron chi connectivity index (χ0n) is 14.7. The molecule has 1 aromatic rings. The van der Waals surface area contributed by atoms with Crippen molar-refractivity contribution in [3.63, 3.8) is 0 Å². The highest BCUT2D eigenvalue weighted by Crippen LogP contribution is 2.28. The van der Waals surface area contributed by atoms with Crippen molar-refractivity contribution < 1.29 is 9.59 Å². The highest BCUT2D eigenvalue weighted by atomic mass is 16.2. The maximum absolute atomic E-state index is 12.8. The first-order valence-electron chi connectivity index (χ1n) is 9.32. The van der Waals surface area contributed by atoms with Gasteiger partial charge in [-0.1, -0.05) is 37.5 Å². The number of fused-ring (bicyclic) bond motifs is 1. The number of rotatable bonds is 4. The van der Waals surface area contributed by atoms with Crippen LogP contribution in [0.1, 0.15) is 57.4 Å². The summed E-state index contributed by atoms with van der Waals surface area (Å²) in [5.41, 5.74) is 2.31. The topological polar surface area (TPSA) is 40.6 Å². The van der Waals surface area contributed by atoms with Gasteiger partial charge < -0.3 is 9.80 Å². The lowest BCUT2D eigenvalue weighted by Crippen LogP contribution is -2.43. The standard InChI is InChI=1S/C20H28N2O2/c1-16(23)21(18-10-3-2-4-11-18)15-13-20(24)22-14-7-9-17-8-5-6-12-19(17)22/h5-6,8,12,18H,2-4,7,9-11,13-15H2,1H3. The van der Waals surface area contributed by atoms with Crippen LogP contribution in [0.15, 0.2) is 24.3 Å². The maximum Gasteiger partial charge on any atom is 0.228 e. The summed E-state index contributed by atoms with van der Waals surface area (Å²) in [5, 5.41) is 0. The number of hydrogen-bond acceptors (Lipinski definition) is 2. The minimum Gasteiger partial charge on any atom is -0.339 e. The van der Waals surface area contributed by atoms with Gasteiger partial charge in [-0.2, -0.15) is 0 Å². The number of hydrogen-bond donors (Lipinski definition) is 0. The van der Waals surface area contributed by atoms with Crippen molar-refractivity contribution in [1.29, 1.82) is 0 Å². The largest absolute Gasteiger partial charge is 0.339 e. The summed E-state index contributed by atoms with van der Waals surface area (Å²) < 4.78 is 0. The lowest BCUT2D eigenvalue weighted by atomic mass is 9.94. The number of anilines is 1. The van der Waals surface area contributed by atoms with Gasteiger partial charge in [-0.25, -0.2) is 0 Å². The molecular weight excluding hydrogens is 300 g/mol. The molecule has 4 nitrogen and oxygen atoms in total. The van der Waals surface area contributed by atoms with Gasteiger partial charge in [0, 0.05) is 38.2 Å². The first kappa shape index (κ1) is 17.0. The third-order valence-electron chi connectivity index (χ3n) is 5.40. The van der Waals surface area contributed by atoms with E-state index in [0.717, 1.165) is 37.9 Å². The van der Waals surface area contributed by atoms with Gasteiger partial charge in [-0.05, 0) is 37.3 Å². The summed E-state index contributed by atoms with van der Waals surface area (Å²) in [6, 6.07) is 8.51. The molecule has 4 heteroatoms. The number of aryl methyl sites for hydroxylation is 1. The van der Waals surface area contributed by atoms with Crippen molar-refractivity contribution in [2.24, 2.45) is 0 Å². The van der Waals surface area contributed by atoms with Gasteiger partial charge in [-0.15, -0.1) is 0 Å². The first-order chi connectivity index (χ1) is 11.7. The van der Waals surface area contributed by atoms with Gasteiger partial charge in [0.2, 0.25) is 11.8 Å². The summed E-state index contributed by atoms with van der Waals surface area (Å²) in [4.78, 5) is 28.6. The molecule has 0 saturated heterocycles. The molecule has 1 heterocycles. The highest BCUT2D eigenvalue weighted by Gasteiger charge is 2.26. The molecular formula is C20H28N2O2. The SMILES string of the molecule is CC(=O)N(CCC(=O)N1CCCc2ccccc21)C1CCCCC1. The van der Waals surface area contributed by atoms with Crippen LogP contribution in [0.3, 0.4) is 0 Å². The molecule has 1 aromatic carbocycles. The van der Waals surface area contributed by atoms with Crippen LogP contribution >= 0.6 is 0 Å². The van der Waals surface area contributed by atoms with Crippen molar-refractivity contribution in [3.8, 4) is 0 Å². The van der Waals surface area contributed by atoms with Crippen molar-refractivity contribution in [1.82, 2.24) is 4.90 Å². The Labute approximate surface area is 144 Å². The average Bonchev–Trinajstić information content (AvgIpc) is 2.62.